The predicted octanol–water partition coefficient (Wildman–Crippen LogP) is 4.25. The highest BCUT2D eigenvalue weighted by atomic mass is 32.1. The van der Waals surface area contributed by atoms with Crippen molar-refractivity contribution in [1.29, 1.82) is 0 Å². The number of aromatic nitrogens is 1. The van der Waals surface area contributed by atoms with Gasteiger partial charge < -0.3 is 15.6 Å². The monoisotopic (exact) mass is 339 g/mol. The Hall–Kier alpha value is -2.86. The zero-order chi connectivity index (χ0) is 16.9. The van der Waals surface area contributed by atoms with Gasteiger partial charge in [-0.2, -0.15) is 0 Å². The molecule has 3 aromatic rings. The van der Waals surface area contributed by atoms with Crippen LogP contribution in [0.25, 0.3) is 11.3 Å². The Morgan fingerprint density at radius 3 is 2.88 bits per heavy atom. The summed E-state index contributed by atoms with van der Waals surface area (Å²) in [5.74, 6) is 0.541. The molecule has 0 unspecified atom stereocenters. The maximum Gasteiger partial charge on any atom is 0.180 e. The van der Waals surface area contributed by atoms with E-state index in [2.05, 4.69) is 9.98 Å². The molecule has 5 nitrogen and oxygen atoms in total. The highest BCUT2D eigenvalue weighted by Crippen LogP contribution is 2.30. The molecule has 0 atom stereocenters. The average Bonchev–Trinajstić information content (AvgIpc) is 3.03. The van der Waals surface area contributed by atoms with E-state index in [1.54, 1.807) is 18.3 Å². The Balaban J connectivity index is 1.86. The number of thiazole rings is 1. The van der Waals surface area contributed by atoms with Crippen molar-refractivity contribution in [2.75, 3.05) is 12.3 Å². The summed E-state index contributed by atoms with van der Waals surface area (Å²) in [6.07, 6.45) is 1.62. The SMILES string of the molecule is CCOc1cccc(C=Nc2cccc(-c3csc(N)n3)c2)c1O. The topological polar surface area (TPSA) is 80.7 Å². The van der Waals surface area contributed by atoms with Gasteiger partial charge in [0.25, 0.3) is 0 Å². The van der Waals surface area contributed by atoms with E-state index < -0.39 is 0 Å². The molecule has 0 aliphatic carbocycles. The van der Waals surface area contributed by atoms with E-state index in [1.807, 2.05) is 42.6 Å². The summed E-state index contributed by atoms with van der Waals surface area (Å²) in [6.45, 7) is 2.36. The van der Waals surface area contributed by atoms with Gasteiger partial charge >= 0.3 is 0 Å². The molecule has 1 aromatic heterocycles. The molecular formula is C18H17N3O2S. The fourth-order valence-electron chi connectivity index (χ4n) is 2.23. The maximum absolute atomic E-state index is 10.2. The summed E-state index contributed by atoms with van der Waals surface area (Å²) in [5, 5.41) is 12.6. The molecule has 6 heteroatoms. The van der Waals surface area contributed by atoms with Crippen molar-refractivity contribution in [3.63, 3.8) is 0 Å². The number of ether oxygens (including phenoxy) is 1. The number of aliphatic imine (C=N–C) groups is 1. The summed E-state index contributed by atoms with van der Waals surface area (Å²) in [4.78, 5) is 8.71. The van der Waals surface area contributed by atoms with Gasteiger partial charge in [0, 0.05) is 22.7 Å². The van der Waals surface area contributed by atoms with Crippen molar-refractivity contribution in [1.82, 2.24) is 4.98 Å². The van der Waals surface area contributed by atoms with Gasteiger partial charge in [-0.25, -0.2) is 4.98 Å². The van der Waals surface area contributed by atoms with E-state index in [0.717, 1.165) is 16.9 Å². The molecule has 0 radical (unpaired) electrons. The molecule has 0 saturated carbocycles. The van der Waals surface area contributed by atoms with Crippen LogP contribution < -0.4 is 10.5 Å². The summed E-state index contributed by atoms with van der Waals surface area (Å²) in [5.41, 5.74) is 8.83. The first-order valence-corrected chi connectivity index (χ1v) is 8.35. The maximum atomic E-state index is 10.2. The first kappa shape index (κ1) is 16.0. The number of anilines is 1. The molecule has 1 heterocycles. The Morgan fingerprint density at radius 1 is 1.29 bits per heavy atom. The van der Waals surface area contributed by atoms with Crippen LogP contribution >= 0.6 is 11.3 Å². The molecule has 0 amide bonds. The number of rotatable bonds is 5. The minimum Gasteiger partial charge on any atom is -0.504 e. The first-order chi connectivity index (χ1) is 11.7. The van der Waals surface area contributed by atoms with Gasteiger partial charge in [0.2, 0.25) is 0 Å². The van der Waals surface area contributed by atoms with Gasteiger partial charge in [-0.05, 0) is 31.2 Å². The summed E-state index contributed by atoms with van der Waals surface area (Å²) >= 11 is 1.40. The molecule has 0 aliphatic heterocycles. The molecule has 2 aromatic carbocycles. The van der Waals surface area contributed by atoms with Crippen LogP contribution in [0, 0.1) is 0 Å². The van der Waals surface area contributed by atoms with Crippen LogP contribution in [-0.2, 0) is 0 Å². The lowest BCUT2D eigenvalue weighted by Gasteiger charge is -2.07. The summed E-state index contributed by atoms with van der Waals surface area (Å²) in [6, 6.07) is 13.0. The second-order valence-corrected chi connectivity index (χ2v) is 5.90. The minimum atomic E-state index is 0.0894. The minimum absolute atomic E-state index is 0.0894. The Kier molecular flexibility index (Phi) is 4.77. The quantitative estimate of drug-likeness (QED) is 0.681. The number of nitrogen functional groups attached to an aromatic ring is 1. The third kappa shape index (κ3) is 3.55. The fraction of sp³-hybridized carbons (Fsp3) is 0.111. The van der Waals surface area contributed by atoms with Crippen LogP contribution in [0.1, 0.15) is 12.5 Å². The number of hydrogen-bond donors (Lipinski definition) is 2. The predicted molar refractivity (Wildman–Crippen MR) is 98.5 cm³/mol. The van der Waals surface area contributed by atoms with Crippen molar-refractivity contribution >= 4 is 28.4 Å². The lowest BCUT2D eigenvalue weighted by molar-refractivity contribution is 0.318. The van der Waals surface area contributed by atoms with Gasteiger partial charge in [-0.3, -0.25) is 4.99 Å². The van der Waals surface area contributed by atoms with Gasteiger partial charge in [-0.15, -0.1) is 11.3 Å². The Labute approximate surface area is 144 Å². The Morgan fingerprint density at radius 2 is 2.12 bits per heavy atom. The Bertz CT molecular complexity index is 874. The van der Waals surface area contributed by atoms with E-state index >= 15 is 0 Å². The molecule has 3 N–H and O–H groups in total. The number of hydrogen-bond acceptors (Lipinski definition) is 6. The van der Waals surface area contributed by atoms with Crippen LogP contribution in [-0.4, -0.2) is 22.9 Å². The van der Waals surface area contributed by atoms with Gasteiger partial charge in [0.1, 0.15) is 0 Å². The number of para-hydroxylation sites is 1. The zero-order valence-electron chi connectivity index (χ0n) is 13.1. The molecule has 0 spiro atoms. The molecule has 0 bridgehead atoms. The average molecular weight is 339 g/mol. The second-order valence-electron chi connectivity index (χ2n) is 5.01. The normalized spacial score (nSPS) is 11.0. The molecule has 3 rings (SSSR count). The fourth-order valence-corrected chi connectivity index (χ4v) is 2.80. The third-order valence-corrected chi connectivity index (χ3v) is 4.02. The van der Waals surface area contributed by atoms with Crippen molar-refractivity contribution in [3.8, 4) is 22.8 Å². The van der Waals surface area contributed by atoms with Crippen molar-refractivity contribution in [2.45, 2.75) is 6.92 Å². The van der Waals surface area contributed by atoms with E-state index in [1.165, 1.54) is 11.3 Å². The largest absolute Gasteiger partial charge is 0.504 e. The molecular weight excluding hydrogens is 322 g/mol. The first-order valence-electron chi connectivity index (χ1n) is 7.47. The molecule has 0 saturated heterocycles. The lowest BCUT2D eigenvalue weighted by atomic mass is 10.1. The number of nitrogens with two attached hydrogens (primary N) is 1. The highest BCUT2D eigenvalue weighted by molar-refractivity contribution is 7.13. The molecule has 24 heavy (non-hydrogen) atoms. The van der Waals surface area contributed by atoms with E-state index in [0.29, 0.717) is 23.1 Å². The van der Waals surface area contributed by atoms with Gasteiger partial charge in [-0.1, -0.05) is 18.2 Å². The van der Waals surface area contributed by atoms with Crippen molar-refractivity contribution in [2.24, 2.45) is 4.99 Å². The van der Waals surface area contributed by atoms with Gasteiger partial charge in [0.15, 0.2) is 16.6 Å². The highest BCUT2D eigenvalue weighted by Gasteiger charge is 2.06. The number of benzene rings is 2. The molecule has 0 fully saturated rings. The van der Waals surface area contributed by atoms with Gasteiger partial charge in [0.05, 0.1) is 18.0 Å². The van der Waals surface area contributed by atoms with Crippen LogP contribution in [0.2, 0.25) is 0 Å². The van der Waals surface area contributed by atoms with E-state index in [9.17, 15) is 5.11 Å². The second kappa shape index (κ2) is 7.14. The summed E-state index contributed by atoms with van der Waals surface area (Å²) in [7, 11) is 0. The van der Waals surface area contributed by atoms with Crippen LogP contribution in [0.3, 0.4) is 0 Å². The zero-order valence-corrected chi connectivity index (χ0v) is 14.0. The number of phenols is 1. The van der Waals surface area contributed by atoms with Crippen LogP contribution in [0.5, 0.6) is 11.5 Å². The van der Waals surface area contributed by atoms with Crippen molar-refractivity contribution in [3.05, 3.63) is 53.4 Å². The number of aromatic hydroxyl groups is 1. The van der Waals surface area contributed by atoms with Crippen LogP contribution in [0.4, 0.5) is 10.8 Å². The molecule has 0 aliphatic rings. The number of phenolic OH excluding ortho intramolecular Hbond substituents is 1. The third-order valence-electron chi connectivity index (χ3n) is 3.35. The standard InChI is InChI=1S/C18H17N3O2S/c1-2-23-16-8-4-6-13(17(16)22)10-20-14-7-3-5-12(9-14)15-11-24-18(19)21-15/h3-11,22H,2H2,1H3,(H2,19,21). The molecule has 122 valence electrons. The summed E-state index contributed by atoms with van der Waals surface area (Å²) < 4.78 is 5.38. The van der Waals surface area contributed by atoms with E-state index in [-0.39, 0.29) is 5.75 Å². The van der Waals surface area contributed by atoms with Crippen molar-refractivity contribution < 1.29 is 9.84 Å². The lowest BCUT2D eigenvalue weighted by Crippen LogP contribution is -1.93. The number of nitrogens with zero attached hydrogens (tertiary/aromatic N) is 2. The van der Waals surface area contributed by atoms with E-state index in [4.69, 9.17) is 10.5 Å². The van der Waals surface area contributed by atoms with Crippen LogP contribution in [0.15, 0.2) is 52.8 Å². The smallest absolute Gasteiger partial charge is 0.180 e.